The molecule has 1 unspecified atom stereocenters. The zero-order chi connectivity index (χ0) is 13.2. The molecule has 0 spiro atoms. The first kappa shape index (κ1) is 12.4. The van der Waals surface area contributed by atoms with Gasteiger partial charge in [0, 0.05) is 36.7 Å². The Balaban J connectivity index is 1.85. The summed E-state index contributed by atoms with van der Waals surface area (Å²) >= 11 is 0. The van der Waals surface area contributed by atoms with Crippen molar-refractivity contribution in [3.8, 4) is 0 Å². The van der Waals surface area contributed by atoms with Gasteiger partial charge in [-0.1, -0.05) is 0 Å². The van der Waals surface area contributed by atoms with Crippen LogP contribution in [0.5, 0.6) is 0 Å². The Labute approximate surface area is 113 Å². The summed E-state index contributed by atoms with van der Waals surface area (Å²) < 4.78 is 5.67. The molecule has 0 radical (unpaired) electrons. The van der Waals surface area contributed by atoms with E-state index in [-0.39, 0.29) is 0 Å². The van der Waals surface area contributed by atoms with Gasteiger partial charge in [-0.15, -0.1) is 0 Å². The molecule has 1 aliphatic heterocycles. The van der Waals surface area contributed by atoms with Gasteiger partial charge in [0.2, 0.25) is 0 Å². The number of nitrogens with one attached hydrogen (secondary N) is 2. The molecular formula is C14H20N4O. The molecule has 5 heteroatoms. The second-order valence-electron chi connectivity index (χ2n) is 5.13. The molecule has 2 aromatic rings. The van der Waals surface area contributed by atoms with E-state index in [0.717, 1.165) is 37.7 Å². The Bertz CT molecular complexity index is 512. The van der Waals surface area contributed by atoms with Crippen molar-refractivity contribution >= 4 is 0 Å². The number of hydrogen-bond donors (Lipinski definition) is 2. The first-order valence-corrected chi connectivity index (χ1v) is 6.70. The van der Waals surface area contributed by atoms with Gasteiger partial charge < -0.3 is 9.72 Å². The highest BCUT2D eigenvalue weighted by molar-refractivity contribution is 5.28. The first-order valence-electron chi connectivity index (χ1n) is 6.70. The number of hydrogen-bond acceptors (Lipinski definition) is 3. The van der Waals surface area contributed by atoms with Crippen LogP contribution in [0.2, 0.25) is 0 Å². The Morgan fingerprint density at radius 3 is 3.05 bits per heavy atom. The number of aryl methyl sites for hydroxylation is 2. The smallest absolute Gasteiger partial charge is 0.0665 e. The van der Waals surface area contributed by atoms with Crippen LogP contribution in [-0.4, -0.2) is 39.8 Å². The lowest BCUT2D eigenvalue weighted by Crippen LogP contribution is -2.39. The van der Waals surface area contributed by atoms with E-state index in [0.29, 0.717) is 6.04 Å². The predicted molar refractivity (Wildman–Crippen MR) is 72.8 cm³/mol. The molecule has 1 aliphatic rings. The molecule has 19 heavy (non-hydrogen) atoms. The van der Waals surface area contributed by atoms with E-state index < -0.39 is 0 Å². The number of rotatable bonds is 3. The maximum Gasteiger partial charge on any atom is 0.0665 e. The second-order valence-corrected chi connectivity index (χ2v) is 5.13. The van der Waals surface area contributed by atoms with Crippen LogP contribution >= 0.6 is 0 Å². The predicted octanol–water partition coefficient (Wildman–Crippen LogP) is 1.93. The molecule has 0 saturated carbocycles. The summed E-state index contributed by atoms with van der Waals surface area (Å²) in [6.07, 6.45) is 4.03. The third-order valence-electron chi connectivity index (χ3n) is 3.81. The molecule has 1 fully saturated rings. The monoisotopic (exact) mass is 260 g/mol. The number of ether oxygens (including phenoxy) is 1. The molecular weight excluding hydrogens is 240 g/mol. The fourth-order valence-corrected chi connectivity index (χ4v) is 2.83. The Hall–Kier alpha value is -1.59. The first-order chi connectivity index (χ1) is 9.25. The van der Waals surface area contributed by atoms with E-state index >= 15 is 0 Å². The lowest BCUT2D eigenvalue weighted by molar-refractivity contribution is -0.0131. The average molecular weight is 260 g/mol. The number of morpholine rings is 1. The van der Waals surface area contributed by atoms with Crippen LogP contribution in [0.15, 0.2) is 18.5 Å². The summed E-state index contributed by atoms with van der Waals surface area (Å²) in [5.41, 5.74) is 4.82. The van der Waals surface area contributed by atoms with Gasteiger partial charge >= 0.3 is 0 Å². The summed E-state index contributed by atoms with van der Waals surface area (Å²) in [6.45, 7) is 7.59. The van der Waals surface area contributed by atoms with Crippen molar-refractivity contribution in [1.29, 1.82) is 0 Å². The van der Waals surface area contributed by atoms with Crippen LogP contribution in [-0.2, 0) is 11.3 Å². The van der Waals surface area contributed by atoms with Crippen molar-refractivity contribution in [2.75, 3.05) is 19.8 Å². The van der Waals surface area contributed by atoms with E-state index in [2.05, 4.69) is 46.2 Å². The molecule has 1 saturated heterocycles. The summed E-state index contributed by atoms with van der Waals surface area (Å²) in [4.78, 5) is 5.59. The summed E-state index contributed by atoms with van der Waals surface area (Å²) in [7, 11) is 0. The maximum atomic E-state index is 5.67. The highest BCUT2D eigenvalue weighted by Crippen LogP contribution is 2.29. The lowest BCUT2D eigenvalue weighted by atomic mass is 10.0. The van der Waals surface area contributed by atoms with Gasteiger partial charge in [-0.05, 0) is 25.5 Å². The van der Waals surface area contributed by atoms with Gasteiger partial charge in [-0.2, -0.15) is 5.10 Å². The lowest BCUT2D eigenvalue weighted by Gasteiger charge is -2.35. The molecule has 5 nitrogen and oxygen atoms in total. The highest BCUT2D eigenvalue weighted by atomic mass is 16.5. The van der Waals surface area contributed by atoms with Crippen LogP contribution in [0.25, 0.3) is 0 Å². The molecule has 0 bridgehead atoms. The second kappa shape index (κ2) is 5.19. The zero-order valence-corrected chi connectivity index (χ0v) is 11.4. The minimum atomic E-state index is 0.294. The topological polar surface area (TPSA) is 56.9 Å². The average Bonchev–Trinajstić information content (AvgIpc) is 3.02. The number of aromatic nitrogens is 3. The fourth-order valence-electron chi connectivity index (χ4n) is 2.83. The zero-order valence-electron chi connectivity index (χ0n) is 11.4. The SMILES string of the molecule is Cc1n[nH]c(C)c1C1COCCN1Cc1cc[nH]c1. The summed E-state index contributed by atoms with van der Waals surface area (Å²) in [5, 5.41) is 7.38. The number of aromatic amines is 2. The Morgan fingerprint density at radius 2 is 2.37 bits per heavy atom. The quantitative estimate of drug-likeness (QED) is 0.886. The summed E-state index contributed by atoms with van der Waals surface area (Å²) in [5.74, 6) is 0. The molecule has 0 aliphatic carbocycles. The summed E-state index contributed by atoms with van der Waals surface area (Å²) in [6, 6.07) is 2.42. The number of H-pyrrole nitrogens is 2. The van der Waals surface area contributed by atoms with Gasteiger partial charge in [-0.3, -0.25) is 10.00 Å². The van der Waals surface area contributed by atoms with E-state index in [1.807, 2.05) is 6.20 Å². The van der Waals surface area contributed by atoms with Crippen molar-refractivity contribution in [2.45, 2.75) is 26.4 Å². The van der Waals surface area contributed by atoms with Crippen molar-refractivity contribution in [3.63, 3.8) is 0 Å². The van der Waals surface area contributed by atoms with E-state index in [4.69, 9.17) is 4.74 Å². The van der Waals surface area contributed by atoms with Gasteiger partial charge in [0.15, 0.2) is 0 Å². The van der Waals surface area contributed by atoms with Crippen molar-refractivity contribution in [1.82, 2.24) is 20.1 Å². The largest absolute Gasteiger partial charge is 0.378 e. The Morgan fingerprint density at radius 1 is 1.47 bits per heavy atom. The van der Waals surface area contributed by atoms with Crippen LogP contribution in [0.3, 0.4) is 0 Å². The molecule has 0 amide bonds. The molecule has 0 aromatic carbocycles. The molecule has 3 rings (SSSR count). The van der Waals surface area contributed by atoms with Crippen LogP contribution in [0, 0.1) is 13.8 Å². The van der Waals surface area contributed by atoms with E-state index in [1.165, 1.54) is 11.1 Å². The number of nitrogens with zero attached hydrogens (tertiary/aromatic N) is 2. The molecule has 3 heterocycles. The molecule has 102 valence electrons. The van der Waals surface area contributed by atoms with Crippen molar-refractivity contribution in [3.05, 3.63) is 41.0 Å². The van der Waals surface area contributed by atoms with E-state index in [1.54, 1.807) is 0 Å². The van der Waals surface area contributed by atoms with Gasteiger partial charge in [0.1, 0.15) is 0 Å². The normalized spacial score (nSPS) is 20.8. The minimum Gasteiger partial charge on any atom is -0.378 e. The molecule has 2 aromatic heterocycles. The molecule has 1 atom stereocenters. The van der Waals surface area contributed by atoms with Crippen molar-refractivity contribution < 1.29 is 4.74 Å². The Kier molecular flexibility index (Phi) is 3.40. The van der Waals surface area contributed by atoms with Crippen LogP contribution < -0.4 is 0 Å². The third kappa shape index (κ3) is 2.43. The minimum absolute atomic E-state index is 0.294. The van der Waals surface area contributed by atoms with E-state index in [9.17, 15) is 0 Å². The molecule has 2 N–H and O–H groups in total. The highest BCUT2D eigenvalue weighted by Gasteiger charge is 2.28. The van der Waals surface area contributed by atoms with Gasteiger partial charge in [-0.25, -0.2) is 0 Å². The standard InChI is InChI=1S/C14H20N4O/c1-10-14(11(2)17-16-10)13-9-19-6-5-18(13)8-12-3-4-15-7-12/h3-4,7,13,15H,5-6,8-9H2,1-2H3,(H,16,17). The third-order valence-corrected chi connectivity index (χ3v) is 3.81. The van der Waals surface area contributed by atoms with Crippen molar-refractivity contribution in [2.24, 2.45) is 0 Å². The van der Waals surface area contributed by atoms with Gasteiger partial charge in [0.05, 0.1) is 24.9 Å². The van der Waals surface area contributed by atoms with Crippen LogP contribution in [0.4, 0.5) is 0 Å². The van der Waals surface area contributed by atoms with Crippen LogP contribution in [0.1, 0.15) is 28.6 Å². The van der Waals surface area contributed by atoms with Gasteiger partial charge in [0.25, 0.3) is 0 Å². The fraction of sp³-hybridized carbons (Fsp3) is 0.500. The maximum absolute atomic E-state index is 5.67.